The summed E-state index contributed by atoms with van der Waals surface area (Å²) in [5, 5.41) is 1.79. The number of benzene rings is 2. The summed E-state index contributed by atoms with van der Waals surface area (Å²) in [6.07, 6.45) is 4.10. The number of halogens is 2. The van der Waals surface area contributed by atoms with Crippen LogP contribution in [0.3, 0.4) is 0 Å². The number of fused-ring (bicyclic) bond motifs is 1. The molecule has 6 heteroatoms. The molecule has 2 aromatic rings. The molecule has 25 heavy (non-hydrogen) atoms. The molecule has 2 heterocycles. The van der Waals surface area contributed by atoms with Crippen LogP contribution in [0.4, 0.5) is 8.78 Å². The monoisotopic (exact) mass is 341 g/mol. The van der Waals surface area contributed by atoms with E-state index in [1.54, 1.807) is 40.4 Å². The van der Waals surface area contributed by atoms with Crippen LogP contribution < -0.4 is 5.43 Å². The molecule has 4 nitrogen and oxygen atoms in total. The van der Waals surface area contributed by atoms with E-state index in [9.17, 15) is 13.6 Å². The van der Waals surface area contributed by atoms with Gasteiger partial charge < -0.3 is 9.91 Å². The Labute approximate surface area is 144 Å². The molecular weight excluding hydrogens is 324 g/mol. The summed E-state index contributed by atoms with van der Waals surface area (Å²) in [4.78, 5) is 14.4. The molecule has 2 aliphatic heterocycles. The predicted octanol–water partition coefficient (Wildman–Crippen LogP) is 3.10. The molecular formula is C19H17F2N3O. The smallest absolute Gasteiger partial charge is 0.251 e. The second-order valence-electron chi connectivity index (χ2n) is 6.29. The molecule has 1 saturated heterocycles. The quantitative estimate of drug-likeness (QED) is 0.932. The van der Waals surface area contributed by atoms with Gasteiger partial charge in [-0.1, -0.05) is 24.3 Å². The van der Waals surface area contributed by atoms with Crippen LogP contribution in [0.2, 0.25) is 0 Å². The van der Waals surface area contributed by atoms with Gasteiger partial charge in [-0.05, 0) is 41.8 Å². The molecule has 128 valence electrons. The van der Waals surface area contributed by atoms with Crippen molar-refractivity contribution in [2.24, 2.45) is 0 Å². The Hall–Kier alpha value is -2.73. The fraction of sp³-hybridized carbons (Fsp3) is 0.211. The van der Waals surface area contributed by atoms with Crippen molar-refractivity contribution in [2.75, 3.05) is 0 Å². The third-order valence-corrected chi connectivity index (χ3v) is 4.59. The van der Waals surface area contributed by atoms with Crippen LogP contribution >= 0.6 is 0 Å². The zero-order valence-electron chi connectivity index (χ0n) is 13.4. The number of nitrogens with zero attached hydrogens (tertiary/aromatic N) is 2. The lowest BCUT2D eigenvalue weighted by molar-refractivity contribution is -0.134. The number of carbonyl (C=O) groups excluding carboxylic acids is 1. The van der Waals surface area contributed by atoms with Crippen molar-refractivity contribution < 1.29 is 13.6 Å². The topological polar surface area (TPSA) is 35.6 Å². The van der Waals surface area contributed by atoms with Crippen LogP contribution in [0.25, 0.3) is 0 Å². The highest BCUT2D eigenvalue weighted by molar-refractivity contribution is 5.84. The van der Waals surface area contributed by atoms with Crippen LogP contribution in [-0.2, 0) is 11.3 Å². The van der Waals surface area contributed by atoms with E-state index < -0.39 is 0 Å². The highest BCUT2D eigenvalue weighted by Crippen LogP contribution is 2.31. The normalized spacial score (nSPS) is 22.4. The van der Waals surface area contributed by atoms with E-state index in [2.05, 4.69) is 5.43 Å². The summed E-state index contributed by atoms with van der Waals surface area (Å²) in [5.41, 5.74) is 4.95. The van der Waals surface area contributed by atoms with E-state index in [-0.39, 0.29) is 29.6 Å². The average molecular weight is 341 g/mol. The first-order valence-corrected chi connectivity index (χ1v) is 8.13. The Kier molecular flexibility index (Phi) is 3.97. The molecule has 2 atom stereocenters. The van der Waals surface area contributed by atoms with Gasteiger partial charge in [0.05, 0.1) is 12.6 Å². The second-order valence-corrected chi connectivity index (χ2v) is 6.29. The first-order valence-electron chi connectivity index (χ1n) is 8.13. The second kappa shape index (κ2) is 6.29. The molecule has 2 unspecified atom stereocenters. The molecule has 0 saturated carbocycles. The Morgan fingerprint density at radius 2 is 1.84 bits per heavy atom. The van der Waals surface area contributed by atoms with E-state index in [4.69, 9.17) is 0 Å². The highest BCUT2D eigenvalue weighted by atomic mass is 19.1. The van der Waals surface area contributed by atoms with Crippen LogP contribution in [0, 0.1) is 11.6 Å². The van der Waals surface area contributed by atoms with Gasteiger partial charge in [-0.15, -0.1) is 0 Å². The van der Waals surface area contributed by atoms with Gasteiger partial charge in [-0.3, -0.25) is 4.79 Å². The number of hydrazine groups is 1. The largest absolute Gasteiger partial charge is 0.311 e. The van der Waals surface area contributed by atoms with Gasteiger partial charge in [0, 0.05) is 12.4 Å². The van der Waals surface area contributed by atoms with Crippen LogP contribution in [0.1, 0.15) is 23.6 Å². The van der Waals surface area contributed by atoms with E-state index >= 15 is 0 Å². The Morgan fingerprint density at radius 3 is 2.60 bits per heavy atom. The van der Waals surface area contributed by atoms with Gasteiger partial charge >= 0.3 is 0 Å². The molecule has 0 aromatic heterocycles. The Bertz CT molecular complexity index is 822. The van der Waals surface area contributed by atoms with Crippen LogP contribution in [0.5, 0.6) is 0 Å². The number of nitrogens with one attached hydrogen (secondary N) is 1. The fourth-order valence-corrected chi connectivity index (χ4v) is 3.31. The summed E-state index contributed by atoms with van der Waals surface area (Å²) < 4.78 is 26.4. The van der Waals surface area contributed by atoms with Crippen molar-refractivity contribution in [3.63, 3.8) is 0 Å². The zero-order chi connectivity index (χ0) is 17.4. The van der Waals surface area contributed by atoms with Crippen molar-refractivity contribution >= 4 is 5.91 Å². The number of amides is 1. The minimum absolute atomic E-state index is 0.0381. The molecule has 0 radical (unpaired) electrons. The number of rotatable bonds is 3. The molecule has 1 amide bonds. The van der Waals surface area contributed by atoms with E-state index in [1.165, 1.54) is 24.3 Å². The molecule has 2 aromatic carbocycles. The number of carbonyl (C=O) groups is 1. The van der Waals surface area contributed by atoms with E-state index in [0.29, 0.717) is 13.0 Å². The third-order valence-electron chi connectivity index (χ3n) is 4.59. The first-order chi connectivity index (χ1) is 12.1. The van der Waals surface area contributed by atoms with Gasteiger partial charge in [0.25, 0.3) is 5.91 Å². The number of hydrogen-bond acceptors (Lipinski definition) is 3. The SMILES string of the molecule is O=C1C2CC(c3ccc(F)cc3)NN2C=CN1Cc1cccc(F)c1. The van der Waals surface area contributed by atoms with Gasteiger partial charge in [0.15, 0.2) is 0 Å². The standard InChI is InChI=1S/C19H17F2N3O/c20-15-6-4-14(5-7-15)17-11-18-19(25)23(8-9-24(18)22-17)12-13-2-1-3-16(21)10-13/h1-10,17-18,22H,11-12H2. The van der Waals surface area contributed by atoms with Crippen LogP contribution in [0.15, 0.2) is 60.9 Å². The minimum atomic E-state index is -0.325. The Morgan fingerprint density at radius 1 is 1.04 bits per heavy atom. The van der Waals surface area contributed by atoms with Crippen molar-refractivity contribution in [3.8, 4) is 0 Å². The van der Waals surface area contributed by atoms with Gasteiger partial charge in [-0.2, -0.15) is 0 Å². The zero-order valence-corrected chi connectivity index (χ0v) is 13.4. The minimum Gasteiger partial charge on any atom is -0.311 e. The van der Waals surface area contributed by atoms with Crippen molar-refractivity contribution in [3.05, 3.63) is 83.7 Å². The molecule has 2 aliphatic rings. The molecule has 1 N–H and O–H groups in total. The molecule has 0 bridgehead atoms. The van der Waals surface area contributed by atoms with Crippen molar-refractivity contribution in [2.45, 2.75) is 25.0 Å². The summed E-state index contributed by atoms with van der Waals surface area (Å²) in [6.45, 7) is 0.332. The predicted molar refractivity (Wildman–Crippen MR) is 88.6 cm³/mol. The van der Waals surface area contributed by atoms with E-state index in [0.717, 1.165) is 11.1 Å². The summed E-state index contributed by atoms with van der Waals surface area (Å²) >= 11 is 0. The maximum atomic E-state index is 13.3. The summed E-state index contributed by atoms with van der Waals surface area (Å²) in [6, 6.07) is 12.2. The fourth-order valence-electron chi connectivity index (χ4n) is 3.31. The van der Waals surface area contributed by atoms with Crippen molar-refractivity contribution in [1.82, 2.24) is 15.3 Å². The first kappa shape index (κ1) is 15.8. The van der Waals surface area contributed by atoms with Gasteiger partial charge in [0.1, 0.15) is 17.7 Å². The maximum absolute atomic E-state index is 13.3. The van der Waals surface area contributed by atoms with E-state index in [1.807, 2.05) is 6.20 Å². The van der Waals surface area contributed by atoms with Crippen molar-refractivity contribution in [1.29, 1.82) is 0 Å². The third kappa shape index (κ3) is 3.13. The maximum Gasteiger partial charge on any atom is 0.251 e. The summed E-state index contributed by atoms with van der Waals surface area (Å²) in [5.74, 6) is -0.632. The number of hydrogen-bond donors (Lipinski definition) is 1. The van der Waals surface area contributed by atoms with Gasteiger partial charge in [-0.25, -0.2) is 14.2 Å². The lowest BCUT2D eigenvalue weighted by atomic mass is 10.0. The molecule has 0 spiro atoms. The lowest BCUT2D eigenvalue weighted by Crippen LogP contribution is -2.47. The van der Waals surface area contributed by atoms with Gasteiger partial charge in [0.2, 0.25) is 0 Å². The highest BCUT2D eigenvalue weighted by Gasteiger charge is 2.39. The summed E-state index contributed by atoms with van der Waals surface area (Å²) in [7, 11) is 0. The lowest BCUT2D eigenvalue weighted by Gasteiger charge is -2.31. The Balaban J connectivity index is 1.49. The molecule has 1 fully saturated rings. The molecule has 4 rings (SSSR count). The molecule has 0 aliphatic carbocycles. The van der Waals surface area contributed by atoms with Crippen LogP contribution in [-0.4, -0.2) is 21.9 Å². The average Bonchev–Trinajstić information content (AvgIpc) is 3.03.